The molecule has 1 spiro atoms. The molecule has 5 heteroatoms. The number of para-hydroxylation sites is 1. The van der Waals surface area contributed by atoms with Crippen molar-refractivity contribution in [3.8, 4) is 6.07 Å². The summed E-state index contributed by atoms with van der Waals surface area (Å²) in [7, 11) is 0. The quantitative estimate of drug-likeness (QED) is 0.899. The largest absolute Gasteiger partial charge is 0.368 e. The van der Waals surface area contributed by atoms with Gasteiger partial charge in [0.2, 0.25) is 5.91 Å². The summed E-state index contributed by atoms with van der Waals surface area (Å²) >= 11 is 0. The van der Waals surface area contributed by atoms with E-state index in [0.717, 1.165) is 61.3 Å². The van der Waals surface area contributed by atoms with Gasteiger partial charge in [-0.2, -0.15) is 5.26 Å². The summed E-state index contributed by atoms with van der Waals surface area (Å²) in [5.74, 6) is 0.184. The number of amides is 1. The van der Waals surface area contributed by atoms with Crippen LogP contribution >= 0.6 is 0 Å². The van der Waals surface area contributed by atoms with Crippen molar-refractivity contribution in [1.29, 1.82) is 5.26 Å². The fraction of sp³-hybridized carbons (Fsp3) is 0.391. The molecule has 1 aliphatic carbocycles. The van der Waals surface area contributed by atoms with Crippen molar-refractivity contribution in [2.75, 3.05) is 22.9 Å². The minimum atomic E-state index is -0.342. The van der Waals surface area contributed by atoms with Crippen LogP contribution in [0, 0.1) is 11.3 Å². The van der Waals surface area contributed by atoms with Gasteiger partial charge in [0.1, 0.15) is 0 Å². The molecule has 2 N–H and O–H groups in total. The molecule has 2 aromatic carbocycles. The lowest BCUT2D eigenvalue weighted by Gasteiger charge is -2.35. The molecule has 142 valence electrons. The summed E-state index contributed by atoms with van der Waals surface area (Å²) in [6, 6.07) is 16.3. The highest BCUT2D eigenvalue weighted by atomic mass is 16.2. The van der Waals surface area contributed by atoms with Crippen molar-refractivity contribution in [2.24, 2.45) is 5.73 Å². The zero-order chi connectivity index (χ0) is 19.3. The van der Waals surface area contributed by atoms with Crippen LogP contribution in [-0.4, -0.2) is 25.0 Å². The number of nitrogens with zero attached hydrogens (tertiary/aromatic N) is 3. The Balaban J connectivity index is 1.60. The Bertz CT molecular complexity index is 988. The Morgan fingerprint density at radius 2 is 2.00 bits per heavy atom. The second-order valence-electron chi connectivity index (χ2n) is 8.26. The predicted octanol–water partition coefficient (Wildman–Crippen LogP) is 3.06. The van der Waals surface area contributed by atoms with Crippen LogP contribution in [0.25, 0.3) is 0 Å². The Kier molecular flexibility index (Phi) is 3.92. The van der Waals surface area contributed by atoms with Gasteiger partial charge in [0.05, 0.1) is 35.0 Å². The van der Waals surface area contributed by atoms with Gasteiger partial charge in [-0.15, -0.1) is 0 Å². The maximum Gasteiger partial charge on any atom is 0.238 e. The highest BCUT2D eigenvalue weighted by molar-refractivity contribution is 6.12. The Labute approximate surface area is 165 Å². The number of piperidine rings is 1. The Morgan fingerprint density at radius 3 is 2.75 bits per heavy atom. The number of carbonyl (C=O) groups excluding carboxylic acids is 1. The van der Waals surface area contributed by atoms with Crippen molar-refractivity contribution in [2.45, 2.75) is 43.7 Å². The lowest BCUT2D eigenvalue weighted by molar-refractivity contribution is -0.120. The molecule has 2 heterocycles. The van der Waals surface area contributed by atoms with E-state index in [-0.39, 0.29) is 17.4 Å². The lowest BCUT2D eigenvalue weighted by atomic mass is 9.96. The molecule has 28 heavy (non-hydrogen) atoms. The molecule has 2 fully saturated rings. The average Bonchev–Trinajstić information content (AvgIpc) is 3.49. The summed E-state index contributed by atoms with van der Waals surface area (Å²) < 4.78 is 0. The van der Waals surface area contributed by atoms with Crippen LogP contribution in [0.3, 0.4) is 0 Å². The number of carbonyl (C=O) groups is 1. The zero-order valence-corrected chi connectivity index (χ0v) is 15.9. The predicted molar refractivity (Wildman–Crippen MR) is 109 cm³/mol. The van der Waals surface area contributed by atoms with E-state index in [9.17, 15) is 10.1 Å². The molecule has 3 aliphatic rings. The molecule has 0 bridgehead atoms. The van der Waals surface area contributed by atoms with Crippen LogP contribution in [0.1, 0.15) is 42.4 Å². The van der Waals surface area contributed by atoms with Crippen molar-refractivity contribution < 1.29 is 4.79 Å². The average molecular weight is 372 g/mol. The molecule has 0 radical (unpaired) electrons. The van der Waals surface area contributed by atoms with E-state index in [1.807, 2.05) is 29.2 Å². The summed E-state index contributed by atoms with van der Waals surface area (Å²) in [5.41, 5.74) is 10.7. The number of nitrogens with two attached hydrogens (primary N) is 1. The van der Waals surface area contributed by atoms with E-state index in [4.69, 9.17) is 5.73 Å². The second-order valence-corrected chi connectivity index (χ2v) is 8.26. The molecule has 5 rings (SSSR count). The van der Waals surface area contributed by atoms with Gasteiger partial charge < -0.3 is 15.5 Å². The van der Waals surface area contributed by atoms with Gasteiger partial charge in [-0.05, 0) is 48.9 Å². The van der Waals surface area contributed by atoms with E-state index >= 15 is 0 Å². The fourth-order valence-corrected chi connectivity index (χ4v) is 4.86. The smallest absolute Gasteiger partial charge is 0.238 e. The molecule has 1 atom stereocenters. The summed E-state index contributed by atoms with van der Waals surface area (Å²) in [6.45, 7) is 2.22. The van der Waals surface area contributed by atoms with Crippen molar-refractivity contribution in [3.63, 3.8) is 0 Å². The molecule has 2 aliphatic heterocycles. The van der Waals surface area contributed by atoms with E-state index in [2.05, 4.69) is 29.2 Å². The highest BCUT2D eigenvalue weighted by Gasteiger charge is 2.59. The molecule has 1 saturated heterocycles. The minimum absolute atomic E-state index is 0.171. The molecule has 5 nitrogen and oxygen atoms in total. The fourth-order valence-electron chi connectivity index (χ4n) is 4.86. The Morgan fingerprint density at radius 1 is 1.18 bits per heavy atom. The van der Waals surface area contributed by atoms with E-state index in [1.165, 1.54) is 0 Å². The summed E-state index contributed by atoms with van der Waals surface area (Å²) in [6.07, 6.45) is 3.95. The zero-order valence-electron chi connectivity index (χ0n) is 15.9. The first-order valence-corrected chi connectivity index (χ1v) is 10.1. The number of fused-ring (bicyclic) bond motifs is 2. The molecule has 1 saturated carbocycles. The van der Waals surface area contributed by atoms with Gasteiger partial charge >= 0.3 is 0 Å². The molecular formula is C23H24N4O. The topological polar surface area (TPSA) is 73.4 Å². The van der Waals surface area contributed by atoms with Crippen LogP contribution in [0.4, 0.5) is 11.4 Å². The highest BCUT2D eigenvalue weighted by Crippen LogP contribution is 2.59. The van der Waals surface area contributed by atoms with Gasteiger partial charge in [0.25, 0.3) is 0 Å². The summed E-state index contributed by atoms with van der Waals surface area (Å²) in [4.78, 5) is 17.7. The van der Waals surface area contributed by atoms with E-state index < -0.39 is 0 Å². The van der Waals surface area contributed by atoms with Crippen LogP contribution in [-0.2, 0) is 16.8 Å². The van der Waals surface area contributed by atoms with Gasteiger partial charge in [0, 0.05) is 19.1 Å². The lowest BCUT2D eigenvalue weighted by Crippen LogP contribution is -2.43. The number of nitriles is 1. The monoisotopic (exact) mass is 372 g/mol. The standard InChI is InChI=1S/C23H24N4O/c24-13-16-5-1-2-6-17(16)14-27-21-19(23(10-11-23)22(27)28)8-3-9-20(21)26-12-4-7-18(25)15-26/h1-3,5-6,8-9,18H,4,7,10-12,14-15,25H2/t18-/m1/s1. The minimum Gasteiger partial charge on any atom is -0.368 e. The second kappa shape index (κ2) is 6.35. The SMILES string of the molecule is N#Cc1ccccc1CN1C(=O)C2(CC2)c2cccc(N3CCC[C@@H](N)C3)c21. The molecule has 2 aromatic rings. The number of rotatable bonds is 3. The molecular weight excluding hydrogens is 348 g/mol. The molecule has 1 amide bonds. The van der Waals surface area contributed by atoms with Gasteiger partial charge in [-0.3, -0.25) is 4.79 Å². The maximum atomic E-state index is 13.4. The van der Waals surface area contributed by atoms with Crippen LogP contribution in [0.15, 0.2) is 42.5 Å². The first-order chi connectivity index (χ1) is 13.6. The van der Waals surface area contributed by atoms with Crippen LogP contribution < -0.4 is 15.5 Å². The van der Waals surface area contributed by atoms with Crippen molar-refractivity contribution in [1.82, 2.24) is 0 Å². The van der Waals surface area contributed by atoms with Gasteiger partial charge in [0.15, 0.2) is 0 Å². The maximum absolute atomic E-state index is 13.4. The van der Waals surface area contributed by atoms with Crippen molar-refractivity contribution >= 4 is 17.3 Å². The third kappa shape index (κ3) is 2.52. The van der Waals surface area contributed by atoms with Crippen molar-refractivity contribution in [3.05, 3.63) is 59.2 Å². The van der Waals surface area contributed by atoms with E-state index in [0.29, 0.717) is 12.1 Å². The normalized spacial score (nSPS) is 22.3. The van der Waals surface area contributed by atoms with E-state index in [1.54, 1.807) is 0 Å². The van der Waals surface area contributed by atoms with Crippen LogP contribution in [0.2, 0.25) is 0 Å². The Hall–Kier alpha value is -2.84. The van der Waals surface area contributed by atoms with Gasteiger partial charge in [-0.1, -0.05) is 30.3 Å². The number of benzene rings is 2. The number of hydrogen-bond donors (Lipinski definition) is 1. The number of anilines is 2. The first kappa shape index (κ1) is 17.3. The van der Waals surface area contributed by atoms with Gasteiger partial charge in [-0.25, -0.2) is 0 Å². The summed E-state index contributed by atoms with van der Waals surface area (Å²) in [5, 5.41) is 9.48. The van der Waals surface area contributed by atoms with Crippen LogP contribution in [0.5, 0.6) is 0 Å². The molecule has 0 unspecified atom stereocenters. The first-order valence-electron chi connectivity index (χ1n) is 10.1. The third-order valence-electron chi connectivity index (χ3n) is 6.47. The number of hydrogen-bond acceptors (Lipinski definition) is 4. The molecule has 0 aromatic heterocycles. The third-order valence-corrected chi connectivity index (χ3v) is 6.47.